The highest BCUT2D eigenvalue weighted by molar-refractivity contribution is 6.32. The first-order chi connectivity index (χ1) is 8.69. The number of halogens is 1. The fourth-order valence-electron chi connectivity index (χ4n) is 1.48. The van der Waals surface area contributed by atoms with Gasteiger partial charge in [-0.3, -0.25) is 0 Å². The molecule has 0 radical (unpaired) electrons. The highest BCUT2D eigenvalue weighted by atomic mass is 35.5. The predicted octanol–water partition coefficient (Wildman–Crippen LogP) is 2.73. The van der Waals surface area contributed by atoms with Gasteiger partial charge in [0.15, 0.2) is 0 Å². The summed E-state index contributed by atoms with van der Waals surface area (Å²) in [7, 11) is 0. The summed E-state index contributed by atoms with van der Waals surface area (Å²) >= 11 is 6.06. The van der Waals surface area contributed by atoms with Crippen LogP contribution in [0.1, 0.15) is 11.1 Å². The lowest BCUT2D eigenvalue weighted by molar-refractivity contribution is 0.441. The van der Waals surface area contributed by atoms with Crippen molar-refractivity contribution in [3.63, 3.8) is 0 Å². The molecule has 0 atom stereocenters. The van der Waals surface area contributed by atoms with Gasteiger partial charge >= 0.3 is 6.01 Å². The van der Waals surface area contributed by atoms with Gasteiger partial charge < -0.3 is 10.5 Å². The van der Waals surface area contributed by atoms with Crippen LogP contribution in [0.3, 0.4) is 0 Å². The SMILES string of the molecule is Cc1ccc(Oc2ncc(CCN)cn2)c(Cl)c1. The Kier molecular flexibility index (Phi) is 4.12. The lowest BCUT2D eigenvalue weighted by atomic mass is 10.2. The van der Waals surface area contributed by atoms with E-state index < -0.39 is 0 Å². The van der Waals surface area contributed by atoms with Crippen LogP contribution in [0.4, 0.5) is 0 Å². The first-order valence-electron chi connectivity index (χ1n) is 5.64. The van der Waals surface area contributed by atoms with E-state index in [9.17, 15) is 0 Å². The van der Waals surface area contributed by atoms with Crippen LogP contribution in [0.25, 0.3) is 0 Å². The molecule has 0 spiro atoms. The van der Waals surface area contributed by atoms with E-state index in [-0.39, 0.29) is 6.01 Å². The number of rotatable bonds is 4. The van der Waals surface area contributed by atoms with Gasteiger partial charge in [-0.15, -0.1) is 0 Å². The summed E-state index contributed by atoms with van der Waals surface area (Å²) in [5.74, 6) is 0.550. The zero-order valence-electron chi connectivity index (χ0n) is 10.1. The zero-order chi connectivity index (χ0) is 13.0. The molecule has 0 fully saturated rings. The van der Waals surface area contributed by atoms with Crippen LogP contribution in [0.2, 0.25) is 5.02 Å². The number of benzene rings is 1. The van der Waals surface area contributed by atoms with Gasteiger partial charge in [-0.2, -0.15) is 0 Å². The molecule has 0 unspecified atom stereocenters. The molecular formula is C13H14ClN3O. The van der Waals surface area contributed by atoms with Crippen molar-refractivity contribution in [2.75, 3.05) is 6.54 Å². The predicted molar refractivity (Wildman–Crippen MR) is 71.1 cm³/mol. The Bertz CT molecular complexity index is 528. The maximum Gasteiger partial charge on any atom is 0.321 e. The molecule has 0 saturated heterocycles. The molecule has 5 heteroatoms. The number of ether oxygens (including phenoxy) is 1. The van der Waals surface area contributed by atoms with Gasteiger partial charge in [0, 0.05) is 12.4 Å². The zero-order valence-corrected chi connectivity index (χ0v) is 10.8. The maximum absolute atomic E-state index is 6.06. The standard InChI is InChI=1S/C13H14ClN3O/c1-9-2-3-12(11(14)6-9)18-13-16-7-10(4-5-15)8-17-13/h2-3,6-8H,4-5,15H2,1H3. The van der Waals surface area contributed by atoms with Crippen LogP contribution in [-0.2, 0) is 6.42 Å². The lowest BCUT2D eigenvalue weighted by Crippen LogP contribution is -2.03. The Balaban J connectivity index is 2.13. The van der Waals surface area contributed by atoms with Crippen LogP contribution < -0.4 is 10.5 Å². The number of nitrogens with zero attached hydrogens (tertiary/aromatic N) is 2. The monoisotopic (exact) mass is 263 g/mol. The Hall–Kier alpha value is -1.65. The van der Waals surface area contributed by atoms with E-state index in [0.29, 0.717) is 17.3 Å². The van der Waals surface area contributed by atoms with Crippen molar-refractivity contribution in [3.05, 3.63) is 46.7 Å². The van der Waals surface area contributed by atoms with Gasteiger partial charge in [0.25, 0.3) is 0 Å². The van der Waals surface area contributed by atoms with Crippen molar-refractivity contribution in [1.82, 2.24) is 9.97 Å². The topological polar surface area (TPSA) is 61.0 Å². The molecule has 2 rings (SSSR count). The molecule has 0 amide bonds. The van der Waals surface area contributed by atoms with Crippen molar-refractivity contribution in [2.24, 2.45) is 5.73 Å². The second-order valence-corrected chi connectivity index (χ2v) is 4.36. The highest BCUT2D eigenvalue weighted by Crippen LogP contribution is 2.28. The quantitative estimate of drug-likeness (QED) is 0.921. The minimum absolute atomic E-state index is 0.279. The number of hydrogen-bond acceptors (Lipinski definition) is 4. The summed E-state index contributed by atoms with van der Waals surface area (Å²) in [5, 5.41) is 0.546. The molecular weight excluding hydrogens is 250 g/mol. The molecule has 1 heterocycles. The molecule has 1 aromatic carbocycles. The number of nitrogens with two attached hydrogens (primary N) is 1. The number of aryl methyl sites for hydroxylation is 1. The second kappa shape index (κ2) is 5.80. The molecule has 0 aliphatic carbocycles. The summed E-state index contributed by atoms with van der Waals surface area (Å²) in [5.41, 5.74) is 7.51. The molecule has 0 aliphatic heterocycles. The summed E-state index contributed by atoms with van der Waals surface area (Å²) in [6, 6.07) is 5.83. The van der Waals surface area contributed by atoms with Crippen molar-refractivity contribution in [2.45, 2.75) is 13.3 Å². The van der Waals surface area contributed by atoms with Gasteiger partial charge in [-0.25, -0.2) is 9.97 Å². The first kappa shape index (κ1) is 12.8. The normalized spacial score (nSPS) is 10.4. The average Bonchev–Trinajstić information content (AvgIpc) is 2.35. The molecule has 18 heavy (non-hydrogen) atoms. The van der Waals surface area contributed by atoms with Gasteiger partial charge in [0.05, 0.1) is 5.02 Å². The number of hydrogen-bond donors (Lipinski definition) is 1. The van der Waals surface area contributed by atoms with Crippen LogP contribution in [0.5, 0.6) is 11.8 Å². The van der Waals surface area contributed by atoms with Gasteiger partial charge in [0.2, 0.25) is 0 Å². The summed E-state index contributed by atoms with van der Waals surface area (Å²) in [6.07, 6.45) is 4.17. The Morgan fingerprint density at radius 3 is 2.61 bits per heavy atom. The van der Waals surface area contributed by atoms with Crippen molar-refractivity contribution in [3.8, 4) is 11.8 Å². The van der Waals surface area contributed by atoms with Crippen LogP contribution in [0, 0.1) is 6.92 Å². The highest BCUT2D eigenvalue weighted by Gasteiger charge is 2.05. The molecule has 2 N–H and O–H groups in total. The summed E-state index contributed by atoms with van der Waals surface area (Å²) in [4.78, 5) is 8.22. The average molecular weight is 264 g/mol. The molecule has 0 bridgehead atoms. The fraction of sp³-hybridized carbons (Fsp3) is 0.231. The molecule has 0 saturated carbocycles. The fourth-order valence-corrected chi connectivity index (χ4v) is 1.75. The van der Waals surface area contributed by atoms with Crippen molar-refractivity contribution < 1.29 is 4.74 Å². The Morgan fingerprint density at radius 2 is 2.00 bits per heavy atom. The third-order valence-corrected chi connectivity index (χ3v) is 2.70. The van der Waals surface area contributed by atoms with Gasteiger partial charge in [0.1, 0.15) is 5.75 Å². The number of aromatic nitrogens is 2. The van der Waals surface area contributed by atoms with E-state index in [1.165, 1.54) is 0 Å². The summed E-state index contributed by atoms with van der Waals surface area (Å²) < 4.78 is 5.51. The molecule has 94 valence electrons. The largest absolute Gasteiger partial charge is 0.423 e. The van der Waals surface area contributed by atoms with Crippen molar-refractivity contribution >= 4 is 11.6 Å². The van der Waals surface area contributed by atoms with Gasteiger partial charge in [-0.05, 0) is 43.1 Å². The minimum Gasteiger partial charge on any atom is -0.423 e. The second-order valence-electron chi connectivity index (χ2n) is 3.95. The molecule has 1 aromatic heterocycles. The van der Waals surface area contributed by atoms with E-state index in [1.807, 2.05) is 19.1 Å². The minimum atomic E-state index is 0.279. The van der Waals surface area contributed by atoms with E-state index in [2.05, 4.69) is 9.97 Å². The third-order valence-electron chi connectivity index (χ3n) is 2.40. The van der Waals surface area contributed by atoms with Crippen LogP contribution >= 0.6 is 11.6 Å². The van der Waals surface area contributed by atoms with E-state index >= 15 is 0 Å². The smallest absolute Gasteiger partial charge is 0.321 e. The summed E-state index contributed by atoms with van der Waals surface area (Å²) in [6.45, 7) is 2.54. The van der Waals surface area contributed by atoms with Crippen LogP contribution in [-0.4, -0.2) is 16.5 Å². The van der Waals surface area contributed by atoms with Crippen molar-refractivity contribution in [1.29, 1.82) is 0 Å². The van der Waals surface area contributed by atoms with E-state index in [4.69, 9.17) is 22.1 Å². The Labute approximate surface area is 111 Å². The van der Waals surface area contributed by atoms with Gasteiger partial charge in [-0.1, -0.05) is 17.7 Å². The maximum atomic E-state index is 6.06. The lowest BCUT2D eigenvalue weighted by Gasteiger charge is -2.06. The van der Waals surface area contributed by atoms with E-state index in [1.54, 1.807) is 18.5 Å². The van der Waals surface area contributed by atoms with Crippen LogP contribution in [0.15, 0.2) is 30.6 Å². The third kappa shape index (κ3) is 3.18. The Morgan fingerprint density at radius 1 is 1.28 bits per heavy atom. The first-order valence-corrected chi connectivity index (χ1v) is 6.02. The molecule has 4 nitrogen and oxygen atoms in total. The van der Waals surface area contributed by atoms with E-state index in [0.717, 1.165) is 17.5 Å². The molecule has 0 aliphatic rings. The molecule has 2 aromatic rings.